The van der Waals surface area contributed by atoms with E-state index in [9.17, 15) is 0 Å². The Labute approximate surface area is 126 Å². The van der Waals surface area contributed by atoms with Gasteiger partial charge in [-0.25, -0.2) is 0 Å². The van der Waals surface area contributed by atoms with Gasteiger partial charge in [-0.15, -0.1) is 11.3 Å². The van der Waals surface area contributed by atoms with E-state index in [4.69, 9.17) is 10.5 Å². The molecule has 2 nitrogen and oxygen atoms in total. The van der Waals surface area contributed by atoms with Gasteiger partial charge in [0, 0.05) is 20.3 Å². The molecule has 2 aromatic rings. The van der Waals surface area contributed by atoms with Crippen LogP contribution in [0.25, 0.3) is 0 Å². The van der Waals surface area contributed by atoms with Crippen LogP contribution in [-0.2, 0) is 0 Å². The summed E-state index contributed by atoms with van der Waals surface area (Å²) in [6, 6.07) is 10.2. The van der Waals surface area contributed by atoms with E-state index in [1.807, 2.05) is 32.0 Å². The van der Waals surface area contributed by atoms with Crippen molar-refractivity contribution in [3.8, 4) is 5.75 Å². The Hall–Kier alpha value is -0.840. The van der Waals surface area contributed by atoms with Gasteiger partial charge in [0.2, 0.25) is 0 Å². The smallest absolute Gasteiger partial charge is 0.148 e. The monoisotopic (exact) mass is 339 g/mol. The molecule has 1 aromatic heterocycles. The Morgan fingerprint density at radius 2 is 1.95 bits per heavy atom. The molecule has 0 amide bonds. The van der Waals surface area contributed by atoms with E-state index < -0.39 is 0 Å². The van der Waals surface area contributed by atoms with Crippen LogP contribution in [-0.4, -0.2) is 6.04 Å². The van der Waals surface area contributed by atoms with Crippen LogP contribution in [0, 0.1) is 13.8 Å². The molecular formula is C15H18BrNOS. The third kappa shape index (κ3) is 3.59. The normalized spacial score (nSPS) is 14.2. The number of nitrogens with two attached hydrogens (primary N) is 1. The minimum absolute atomic E-state index is 0.0545. The average Bonchev–Trinajstić information content (AvgIpc) is 2.74. The first-order chi connectivity index (χ1) is 8.97. The van der Waals surface area contributed by atoms with Crippen LogP contribution >= 0.6 is 27.3 Å². The number of thiophene rings is 1. The maximum atomic E-state index is 6.13. The highest BCUT2D eigenvalue weighted by Crippen LogP contribution is 2.31. The number of rotatable bonds is 4. The summed E-state index contributed by atoms with van der Waals surface area (Å²) >= 11 is 5.20. The van der Waals surface area contributed by atoms with E-state index in [2.05, 4.69) is 35.0 Å². The summed E-state index contributed by atoms with van der Waals surface area (Å²) in [7, 11) is 0. The Bertz CT molecular complexity index is 565. The lowest BCUT2D eigenvalue weighted by molar-refractivity contribution is 0.183. The van der Waals surface area contributed by atoms with Crippen molar-refractivity contribution in [2.24, 2.45) is 5.73 Å². The Balaban J connectivity index is 2.26. The molecule has 1 heterocycles. The van der Waals surface area contributed by atoms with Gasteiger partial charge in [0.05, 0.1) is 0 Å². The molecule has 0 fully saturated rings. The second-order valence-electron chi connectivity index (χ2n) is 4.76. The summed E-state index contributed by atoms with van der Waals surface area (Å²) in [5, 5.41) is 0. The summed E-state index contributed by atoms with van der Waals surface area (Å²) < 4.78 is 7.18. The highest BCUT2D eigenvalue weighted by molar-refractivity contribution is 9.10. The van der Waals surface area contributed by atoms with Crippen LogP contribution in [0.3, 0.4) is 0 Å². The second kappa shape index (κ2) is 6.07. The lowest BCUT2D eigenvalue weighted by atomic mass is 10.1. The zero-order valence-corrected chi connectivity index (χ0v) is 13.7. The maximum Gasteiger partial charge on any atom is 0.148 e. The van der Waals surface area contributed by atoms with Crippen LogP contribution in [0.1, 0.15) is 28.3 Å². The Morgan fingerprint density at radius 1 is 1.21 bits per heavy atom. The zero-order chi connectivity index (χ0) is 14.0. The zero-order valence-electron chi connectivity index (χ0n) is 11.3. The molecule has 1 aromatic carbocycles. The molecule has 102 valence electrons. The van der Waals surface area contributed by atoms with Crippen molar-refractivity contribution in [1.29, 1.82) is 0 Å². The molecule has 0 saturated heterocycles. The van der Waals surface area contributed by atoms with Crippen molar-refractivity contribution in [3.63, 3.8) is 0 Å². The molecule has 2 rings (SSSR count). The third-order valence-electron chi connectivity index (χ3n) is 2.91. The maximum absolute atomic E-state index is 6.13. The number of halogens is 1. The minimum atomic E-state index is -0.0985. The number of ether oxygens (including phenoxy) is 1. The first-order valence-electron chi connectivity index (χ1n) is 6.22. The van der Waals surface area contributed by atoms with Crippen LogP contribution in [0.2, 0.25) is 0 Å². The topological polar surface area (TPSA) is 35.2 Å². The fourth-order valence-electron chi connectivity index (χ4n) is 1.91. The summed E-state index contributed by atoms with van der Waals surface area (Å²) in [4.78, 5) is 2.45. The van der Waals surface area contributed by atoms with Gasteiger partial charge < -0.3 is 10.5 Å². The van der Waals surface area contributed by atoms with Gasteiger partial charge >= 0.3 is 0 Å². The molecule has 2 unspecified atom stereocenters. The first-order valence-corrected chi connectivity index (χ1v) is 7.83. The van der Waals surface area contributed by atoms with Crippen molar-refractivity contribution >= 4 is 27.3 Å². The molecule has 0 aliphatic heterocycles. The predicted molar refractivity (Wildman–Crippen MR) is 85.0 cm³/mol. The van der Waals surface area contributed by atoms with Crippen LogP contribution < -0.4 is 10.5 Å². The molecule has 0 aliphatic rings. The quantitative estimate of drug-likeness (QED) is 0.883. The average molecular weight is 340 g/mol. The lowest BCUT2D eigenvalue weighted by Gasteiger charge is -2.22. The molecule has 2 N–H and O–H groups in total. The number of hydrogen-bond acceptors (Lipinski definition) is 3. The van der Waals surface area contributed by atoms with Gasteiger partial charge in [0.1, 0.15) is 11.9 Å². The molecule has 2 atom stereocenters. The number of hydrogen-bond donors (Lipinski definition) is 1. The first kappa shape index (κ1) is 14.6. The van der Waals surface area contributed by atoms with E-state index in [1.54, 1.807) is 11.3 Å². The molecule has 0 saturated carbocycles. The molecule has 4 heteroatoms. The fraction of sp³-hybridized carbons (Fsp3) is 0.333. The molecule has 0 aliphatic carbocycles. The third-order valence-corrected chi connectivity index (χ3v) is 4.47. The van der Waals surface area contributed by atoms with Crippen molar-refractivity contribution in [3.05, 3.63) is 50.1 Å². The van der Waals surface area contributed by atoms with Gasteiger partial charge in [0.25, 0.3) is 0 Å². The Morgan fingerprint density at radius 3 is 2.47 bits per heavy atom. The highest BCUT2D eigenvalue weighted by Gasteiger charge is 2.20. The van der Waals surface area contributed by atoms with Crippen molar-refractivity contribution in [1.82, 2.24) is 0 Å². The second-order valence-corrected chi connectivity index (χ2v) is 6.99. The Kier molecular flexibility index (Phi) is 4.66. The largest absolute Gasteiger partial charge is 0.483 e. The molecule has 0 radical (unpaired) electrons. The van der Waals surface area contributed by atoms with Crippen LogP contribution in [0.5, 0.6) is 5.75 Å². The van der Waals surface area contributed by atoms with E-state index in [0.29, 0.717) is 0 Å². The minimum Gasteiger partial charge on any atom is -0.483 e. The van der Waals surface area contributed by atoms with Gasteiger partial charge in [0.15, 0.2) is 0 Å². The highest BCUT2D eigenvalue weighted by atomic mass is 79.9. The predicted octanol–water partition coefficient (Wildman–Crippen LogP) is 4.59. The van der Waals surface area contributed by atoms with Crippen LogP contribution in [0.15, 0.2) is 34.8 Å². The van der Waals surface area contributed by atoms with Crippen molar-refractivity contribution < 1.29 is 4.74 Å². The molecule has 19 heavy (non-hydrogen) atoms. The van der Waals surface area contributed by atoms with E-state index in [0.717, 1.165) is 15.8 Å². The van der Waals surface area contributed by atoms with Crippen LogP contribution in [0.4, 0.5) is 0 Å². The SMILES string of the molecule is Cc1ccc(C(Oc2ccc(Br)cc2C)C(C)N)s1. The van der Waals surface area contributed by atoms with E-state index in [-0.39, 0.29) is 12.1 Å². The standard InChI is InChI=1S/C15H18BrNOS/c1-9-8-12(16)5-6-13(9)18-15(11(3)17)14-7-4-10(2)19-14/h4-8,11,15H,17H2,1-3H3. The summed E-state index contributed by atoms with van der Waals surface area (Å²) in [6.07, 6.45) is -0.0985. The van der Waals surface area contributed by atoms with Crippen molar-refractivity contribution in [2.75, 3.05) is 0 Å². The molecular weight excluding hydrogens is 322 g/mol. The number of aryl methyl sites for hydroxylation is 2. The van der Waals surface area contributed by atoms with E-state index >= 15 is 0 Å². The van der Waals surface area contributed by atoms with Crippen molar-refractivity contribution in [2.45, 2.75) is 32.9 Å². The van der Waals surface area contributed by atoms with Gasteiger partial charge in [-0.1, -0.05) is 15.9 Å². The molecule has 0 bridgehead atoms. The number of benzene rings is 1. The van der Waals surface area contributed by atoms with Gasteiger partial charge in [-0.3, -0.25) is 0 Å². The van der Waals surface area contributed by atoms with Gasteiger partial charge in [-0.2, -0.15) is 0 Å². The molecule has 0 spiro atoms. The summed E-state index contributed by atoms with van der Waals surface area (Å²) in [6.45, 7) is 6.11. The van der Waals surface area contributed by atoms with E-state index in [1.165, 1.54) is 9.75 Å². The fourth-order valence-corrected chi connectivity index (χ4v) is 3.41. The summed E-state index contributed by atoms with van der Waals surface area (Å²) in [5.74, 6) is 0.886. The summed E-state index contributed by atoms with van der Waals surface area (Å²) in [5.41, 5.74) is 7.18. The van der Waals surface area contributed by atoms with Gasteiger partial charge in [-0.05, 0) is 56.7 Å². The lowest BCUT2D eigenvalue weighted by Crippen LogP contribution is -2.28.